The Morgan fingerprint density at radius 3 is 3.00 bits per heavy atom. The molecule has 4 nitrogen and oxygen atoms in total. The third-order valence-corrected chi connectivity index (χ3v) is 3.60. The number of carbonyl (C=O) groups is 1. The average Bonchev–Trinajstić information content (AvgIpc) is 2.71. The Morgan fingerprint density at radius 2 is 2.39 bits per heavy atom. The van der Waals surface area contributed by atoms with Crippen molar-refractivity contribution in [2.75, 3.05) is 11.4 Å². The normalized spacial score (nSPS) is 23.4. The number of pyridine rings is 1. The fourth-order valence-electron chi connectivity index (χ4n) is 2.27. The van der Waals surface area contributed by atoms with Crippen LogP contribution in [0.5, 0.6) is 0 Å². The van der Waals surface area contributed by atoms with Gasteiger partial charge in [0.1, 0.15) is 22.6 Å². The van der Waals surface area contributed by atoms with Crippen LogP contribution in [-0.2, 0) is 11.2 Å². The first-order valence-electron chi connectivity index (χ1n) is 5.88. The van der Waals surface area contributed by atoms with Crippen molar-refractivity contribution in [2.24, 2.45) is 5.73 Å². The van der Waals surface area contributed by atoms with Crippen molar-refractivity contribution in [3.63, 3.8) is 0 Å². The number of rotatable bonds is 3. The minimum atomic E-state index is -1.03. The summed E-state index contributed by atoms with van der Waals surface area (Å²) in [5.74, 6) is 0.148. The molecule has 1 aliphatic rings. The number of aryl methyl sites for hydroxylation is 1. The van der Waals surface area contributed by atoms with Crippen molar-refractivity contribution in [3.05, 3.63) is 22.3 Å². The highest BCUT2D eigenvalue weighted by molar-refractivity contribution is 9.10. The van der Waals surface area contributed by atoms with Crippen molar-refractivity contribution < 1.29 is 9.18 Å². The van der Waals surface area contributed by atoms with Crippen LogP contribution >= 0.6 is 15.9 Å². The average molecular weight is 316 g/mol. The summed E-state index contributed by atoms with van der Waals surface area (Å²) in [7, 11) is 0. The van der Waals surface area contributed by atoms with Crippen molar-refractivity contribution in [1.82, 2.24) is 4.98 Å². The molecule has 0 aromatic carbocycles. The zero-order chi connectivity index (χ0) is 13.3. The summed E-state index contributed by atoms with van der Waals surface area (Å²) in [6, 6.07) is 3.16. The molecule has 2 heterocycles. The number of aromatic nitrogens is 1. The van der Waals surface area contributed by atoms with Crippen LogP contribution in [0.4, 0.5) is 10.2 Å². The highest BCUT2D eigenvalue weighted by atomic mass is 79.9. The van der Waals surface area contributed by atoms with E-state index in [0.717, 1.165) is 12.0 Å². The van der Waals surface area contributed by atoms with Crippen molar-refractivity contribution in [2.45, 2.75) is 32.0 Å². The molecule has 1 aliphatic heterocycles. The lowest BCUT2D eigenvalue weighted by atomic mass is 10.1. The molecule has 0 radical (unpaired) electrons. The van der Waals surface area contributed by atoms with Gasteiger partial charge in [0.25, 0.3) is 0 Å². The molecule has 1 saturated heterocycles. The van der Waals surface area contributed by atoms with Gasteiger partial charge in [0.15, 0.2) is 0 Å². The summed E-state index contributed by atoms with van der Waals surface area (Å²) < 4.78 is 14.2. The number of alkyl halides is 1. The minimum Gasteiger partial charge on any atom is -0.368 e. The fraction of sp³-hybridized carbons (Fsp3) is 0.500. The Labute approximate surface area is 113 Å². The van der Waals surface area contributed by atoms with Crippen molar-refractivity contribution in [1.29, 1.82) is 0 Å². The Kier molecular flexibility index (Phi) is 3.85. The predicted octanol–water partition coefficient (Wildman–Crippen LogP) is 1.81. The van der Waals surface area contributed by atoms with E-state index in [1.807, 2.05) is 19.1 Å². The van der Waals surface area contributed by atoms with Gasteiger partial charge in [0, 0.05) is 6.42 Å². The molecule has 0 bridgehead atoms. The number of nitrogens with two attached hydrogens (primary N) is 1. The highest BCUT2D eigenvalue weighted by Crippen LogP contribution is 2.30. The number of primary amides is 1. The van der Waals surface area contributed by atoms with Gasteiger partial charge in [-0.05, 0) is 34.0 Å². The SMILES string of the molecule is CCc1ccc(Br)nc1N1C[C@H](F)C[C@H]1C(N)=O. The molecule has 2 N–H and O–H groups in total. The van der Waals surface area contributed by atoms with E-state index < -0.39 is 18.1 Å². The van der Waals surface area contributed by atoms with E-state index in [0.29, 0.717) is 10.4 Å². The lowest BCUT2D eigenvalue weighted by Crippen LogP contribution is -2.41. The summed E-state index contributed by atoms with van der Waals surface area (Å²) in [6.07, 6.45) is -0.116. The summed E-state index contributed by atoms with van der Waals surface area (Å²) in [5.41, 5.74) is 6.32. The summed E-state index contributed by atoms with van der Waals surface area (Å²) in [6.45, 7) is 2.17. The summed E-state index contributed by atoms with van der Waals surface area (Å²) in [4.78, 5) is 17.4. The van der Waals surface area contributed by atoms with Gasteiger partial charge in [-0.1, -0.05) is 13.0 Å². The monoisotopic (exact) mass is 315 g/mol. The Morgan fingerprint density at radius 1 is 1.67 bits per heavy atom. The second-order valence-corrected chi connectivity index (χ2v) is 5.19. The van der Waals surface area contributed by atoms with Gasteiger partial charge in [-0.25, -0.2) is 9.37 Å². The molecule has 6 heteroatoms. The molecule has 0 aliphatic carbocycles. The Balaban J connectivity index is 2.40. The number of hydrogen-bond donors (Lipinski definition) is 1. The standard InChI is InChI=1S/C12H15BrFN3O/c1-2-7-3-4-10(13)16-12(7)17-6-8(14)5-9(17)11(15)18/h3-4,8-9H,2,5-6H2,1H3,(H2,15,18)/t8-,9+/m1/s1. The van der Waals surface area contributed by atoms with E-state index in [4.69, 9.17) is 5.73 Å². The molecule has 1 amide bonds. The van der Waals surface area contributed by atoms with E-state index in [1.54, 1.807) is 4.90 Å². The Hall–Kier alpha value is -1.17. The maximum Gasteiger partial charge on any atom is 0.240 e. The Bertz CT molecular complexity index is 469. The van der Waals surface area contributed by atoms with Gasteiger partial charge in [-0.2, -0.15) is 0 Å². The van der Waals surface area contributed by atoms with Crippen LogP contribution in [0.2, 0.25) is 0 Å². The molecular formula is C12H15BrFN3O. The molecule has 1 fully saturated rings. The summed E-state index contributed by atoms with van der Waals surface area (Å²) >= 11 is 3.30. The maximum absolute atomic E-state index is 13.5. The van der Waals surface area contributed by atoms with E-state index in [9.17, 15) is 9.18 Å². The van der Waals surface area contributed by atoms with E-state index >= 15 is 0 Å². The second-order valence-electron chi connectivity index (χ2n) is 4.37. The third kappa shape index (κ3) is 2.48. The second kappa shape index (κ2) is 5.22. The number of nitrogens with zero attached hydrogens (tertiary/aromatic N) is 2. The third-order valence-electron chi connectivity index (χ3n) is 3.15. The maximum atomic E-state index is 13.5. The molecule has 0 saturated carbocycles. The number of carbonyl (C=O) groups excluding carboxylic acids is 1. The van der Waals surface area contributed by atoms with Crippen LogP contribution in [0, 0.1) is 0 Å². The molecular weight excluding hydrogens is 301 g/mol. The highest BCUT2D eigenvalue weighted by Gasteiger charge is 2.37. The quantitative estimate of drug-likeness (QED) is 0.865. The van der Waals surface area contributed by atoms with Crippen molar-refractivity contribution in [3.8, 4) is 0 Å². The topological polar surface area (TPSA) is 59.2 Å². The zero-order valence-electron chi connectivity index (χ0n) is 10.1. The summed E-state index contributed by atoms with van der Waals surface area (Å²) in [5, 5.41) is 0. The molecule has 2 rings (SSSR count). The minimum absolute atomic E-state index is 0.146. The molecule has 98 valence electrons. The van der Waals surface area contributed by atoms with Crippen LogP contribution < -0.4 is 10.6 Å². The first-order chi connectivity index (χ1) is 8.52. The molecule has 2 atom stereocenters. The van der Waals surface area contributed by atoms with Gasteiger partial charge in [-0.3, -0.25) is 4.79 Å². The van der Waals surface area contributed by atoms with E-state index in [-0.39, 0.29) is 13.0 Å². The van der Waals surface area contributed by atoms with Gasteiger partial charge < -0.3 is 10.6 Å². The van der Waals surface area contributed by atoms with Crippen LogP contribution in [0.15, 0.2) is 16.7 Å². The van der Waals surface area contributed by atoms with Crippen LogP contribution in [0.3, 0.4) is 0 Å². The van der Waals surface area contributed by atoms with Crippen molar-refractivity contribution >= 4 is 27.7 Å². The largest absolute Gasteiger partial charge is 0.368 e. The number of amides is 1. The van der Waals surface area contributed by atoms with E-state index in [1.165, 1.54) is 0 Å². The van der Waals surface area contributed by atoms with E-state index in [2.05, 4.69) is 20.9 Å². The number of halogens is 2. The predicted molar refractivity (Wildman–Crippen MR) is 71.2 cm³/mol. The number of hydrogen-bond acceptors (Lipinski definition) is 3. The van der Waals surface area contributed by atoms with Crippen LogP contribution in [-0.4, -0.2) is 29.6 Å². The van der Waals surface area contributed by atoms with Crippen LogP contribution in [0.25, 0.3) is 0 Å². The zero-order valence-corrected chi connectivity index (χ0v) is 11.7. The van der Waals surface area contributed by atoms with Gasteiger partial charge in [0.2, 0.25) is 5.91 Å². The lowest BCUT2D eigenvalue weighted by molar-refractivity contribution is -0.119. The van der Waals surface area contributed by atoms with Gasteiger partial charge in [0.05, 0.1) is 6.54 Å². The lowest BCUT2D eigenvalue weighted by Gasteiger charge is -2.25. The smallest absolute Gasteiger partial charge is 0.240 e. The number of anilines is 1. The molecule has 0 unspecified atom stereocenters. The van der Waals surface area contributed by atoms with Gasteiger partial charge in [-0.15, -0.1) is 0 Å². The fourth-order valence-corrected chi connectivity index (χ4v) is 2.57. The molecule has 18 heavy (non-hydrogen) atoms. The first kappa shape index (κ1) is 13.3. The van der Waals surface area contributed by atoms with Crippen LogP contribution in [0.1, 0.15) is 18.9 Å². The van der Waals surface area contributed by atoms with Gasteiger partial charge >= 0.3 is 0 Å². The molecule has 0 spiro atoms. The first-order valence-corrected chi connectivity index (χ1v) is 6.67. The molecule has 1 aromatic heterocycles. The molecule has 1 aromatic rings.